The average molecular weight is 239 g/mol. The number of nitro groups is 1. The lowest BCUT2D eigenvalue weighted by molar-refractivity contribution is -0.384. The molecule has 0 aliphatic carbocycles. The minimum Gasteiger partial charge on any atom is -0.412 e. The fourth-order valence-electron chi connectivity index (χ4n) is 0.620. The van der Waals surface area contributed by atoms with E-state index in [1.54, 1.807) is 0 Å². The number of thiophene rings is 1. The molecule has 0 radical (unpaired) electrons. The van der Waals surface area contributed by atoms with Crippen molar-refractivity contribution in [1.82, 2.24) is 0 Å². The Morgan fingerprint density at radius 1 is 1.71 bits per heavy atom. The highest BCUT2D eigenvalue weighted by atomic mass is 32.1. The minimum absolute atomic E-state index is 0.0726. The molecule has 7 nitrogen and oxygen atoms in total. The molecular formula is C5H6NO6PS. The summed E-state index contributed by atoms with van der Waals surface area (Å²) in [5, 5.41) is 19.7. The predicted octanol–water partition coefficient (Wildman–Crippen LogP) is 1.17. The van der Waals surface area contributed by atoms with Crippen LogP contribution in [0.25, 0.3) is 0 Å². The molecule has 0 saturated carbocycles. The lowest BCUT2D eigenvalue weighted by atomic mass is 10.5. The van der Waals surface area contributed by atoms with E-state index in [0.29, 0.717) is 0 Å². The number of rotatable bonds is 4. The number of hydrogen-bond acceptors (Lipinski definition) is 6. The largest absolute Gasteiger partial charge is 0.412 e. The molecule has 1 heterocycles. The summed E-state index contributed by atoms with van der Waals surface area (Å²) < 4.78 is 15.3. The van der Waals surface area contributed by atoms with Crippen LogP contribution in [0.15, 0.2) is 11.4 Å². The maximum absolute atomic E-state index is 10.9. The van der Waals surface area contributed by atoms with Crippen LogP contribution in [0.3, 0.4) is 0 Å². The molecule has 14 heavy (non-hydrogen) atoms. The third kappa shape index (κ3) is 2.78. The molecule has 0 aliphatic rings. The van der Waals surface area contributed by atoms with Crippen LogP contribution in [-0.4, -0.2) is 21.3 Å². The molecule has 0 aromatic carbocycles. The number of aliphatic hydroxyl groups is 1. The summed E-state index contributed by atoms with van der Waals surface area (Å²) in [5.41, 5.74) is -0.220. The zero-order valence-corrected chi connectivity index (χ0v) is 8.40. The quantitative estimate of drug-likeness (QED) is 0.463. The summed E-state index contributed by atoms with van der Waals surface area (Å²) in [4.78, 5) is 18.4. The molecule has 1 atom stereocenters. The fraction of sp³-hybridized carbons (Fsp3) is 0.200. The van der Waals surface area contributed by atoms with Gasteiger partial charge in [0.05, 0.1) is 16.4 Å². The van der Waals surface area contributed by atoms with Gasteiger partial charge in [-0.25, -0.2) is 4.57 Å². The highest BCUT2D eigenvalue weighted by Crippen LogP contribution is 2.44. The van der Waals surface area contributed by atoms with Gasteiger partial charge < -0.3 is 14.5 Å². The van der Waals surface area contributed by atoms with E-state index in [4.69, 9.17) is 10.00 Å². The summed E-state index contributed by atoms with van der Waals surface area (Å²) in [5.74, 6) is 0. The first-order chi connectivity index (χ1) is 6.44. The Balaban J connectivity index is 2.79. The highest BCUT2D eigenvalue weighted by Gasteiger charge is 2.21. The van der Waals surface area contributed by atoms with E-state index < -0.39 is 18.9 Å². The Bertz CT molecular complexity index is 389. The van der Waals surface area contributed by atoms with Crippen molar-refractivity contribution in [3.8, 4) is 5.06 Å². The first-order valence-electron chi connectivity index (χ1n) is 3.30. The summed E-state index contributed by atoms with van der Waals surface area (Å²) in [7, 11) is -4.07. The molecule has 9 heteroatoms. The second kappa shape index (κ2) is 4.05. The van der Waals surface area contributed by atoms with Gasteiger partial charge in [-0.2, -0.15) is 0 Å². The van der Waals surface area contributed by atoms with Crippen LogP contribution >= 0.6 is 18.9 Å². The van der Waals surface area contributed by atoms with Gasteiger partial charge in [0.25, 0.3) is 5.69 Å². The smallest absolute Gasteiger partial charge is 0.402 e. The van der Waals surface area contributed by atoms with E-state index in [1.165, 1.54) is 5.38 Å². The minimum atomic E-state index is -4.07. The third-order valence-corrected chi connectivity index (χ3v) is 2.94. The van der Waals surface area contributed by atoms with Crippen molar-refractivity contribution in [2.24, 2.45) is 0 Å². The van der Waals surface area contributed by atoms with Crippen LogP contribution in [0, 0.1) is 10.1 Å². The number of aliphatic hydroxyl groups excluding tert-OH is 1. The molecule has 1 unspecified atom stereocenters. The zero-order valence-electron chi connectivity index (χ0n) is 6.69. The molecule has 0 fully saturated rings. The number of nitrogens with zero attached hydrogens (tertiary/aromatic N) is 1. The second-order valence-electron chi connectivity index (χ2n) is 2.25. The SMILES string of the molecule is O=[N+]([O-])c1csc(OP(=O)(O)CO)c1. The van der Waals surface area contributed by atoms with Gasteiger partial charge in [0.1, 0.15) is 0 Å². The van der Waals surface area contributed by atoms with Crippen LogP contribution in [0.2, 0.25) is 0 Å². The van der Waals surface area contributed by atoms with E-state index in [1.807, 2.05) is 0 Å². The first-order valence-corrected chi connectivity index (χ1v) is 5.94. The Labute approximate surface area is 82.3 Å². The summed E-state index contributed by atoms with van der Waals surface area (Å²) in [6.07, 6.45) is -1.03. The van der Waals surface area contributed by atoms with Gasteiger partial charge in [-0.3, -0.25) is 10.1 Å². The van der Waals surface area contributed by atoms with Gasteiger partial charge >= 0.3 is 7.60 Å². The molecule has 0 bridgehead atoms. The van der Waals surface area contributed by atoms with Gasteiger partial charge in [0, 0.05) is 0 Å². The maximum atomic E-state index is 10.9. The van der Waals surface area contributed by atoms with Crippen LogP contribution in [-0.2, 0) is 4.57 Å². The van der Waals surface area contributed by atoms with E-state index in [9.17, 15) is 14.7 Å². The van der Waals surface area contributed by atoms with Gasteiger partial charge in [-0.1, -0.05) is 11.3 Å². The van der Waals surface area contributed by atoms with Crippen LogP contribution < -0.4 is 4.52 Å². The van der Waals surface area contributed by atoms with Crippen LogP contribution in [0.5, 0.6) is 5.06 Å². The molecule has 2 N–H and O–H groups in total. The standard InChI is InChI=1S/C5H6NO6PS/c7-3-13(10,11)12-5-1-4(2-14-5)6(8)9/h1-2,7H,3H2,(H,10,11). The van der Waals surface area contributed by atoms with Crippen LogP contribution in [0.1, 0.15) is 0 Å². The summed E-state index contributed by atoms with van der Waals surface area (Å²) in [6, 6.07) is 1.02. The van der Waals surface area contributed by atoms with E-state index in [-0.39, 0.29) is 10.8 Å². The zero-order chi connectivity index (χ0) is 10.8. The summed E-state index contributed by atoms with van der Waals surface area (Å²) in [6.45, 7) is 0. The van der Waals surface area contributed by atoms with Crippen molar-refractivity contribution in [2.45, 2.75) is 0 Å². The van der Waals surface area contributed by atoms with Gasteiger partial charge in [0.15, 0.2) is 11.4 Å². The van der Waals surface area contributed by atoms with E-state index in [0.717, 1.165) is 17.4 Å². The monoisotopic (exact) mass is 239 g/mol. The van der Waals surface area contributed by atoms with Gasteiger partial charge in [-0.05, 0) is 0 Å². The Morgan fingerprint density at radius 3 is 2.79 bits per heavy atom. The maximum Gasteiger partial charge on any atom is 0.402 e. The second-order valence-corrected chi connectivity index (χ2v) is 4.87. The molecular weight excluding hydrogens is 233 g/mol. The first kappa shape index (κ1) is 11.1. The van der Waals surface area contributed by atoms with Crippen molar-refractivity contribution in [3.05, 3.63) is 21.6 Å². The molecule has 0 saturated heterocycles. The van der Waals surface area contributed by atoms with Gasteiger partial charge in [0.2, 0.25) is 0 Å². The van der Waals surface area contributed by atoms with Gasteiger partial charge in [-0.15, -0.1) is 0 Å². The fourth-order valence-corrected chi connectivity index (χ4v) is 2.11. The molecule has 1 aromatic heterocycles. The van der Waals surface area contributed by atoms with Crippen molar-refractivity contribution >= 4 is 24.6 Å². The predicted molar refractivity (Wildman–Crippen MR) is 48.5 cm³/mol. The Hall–Kier alpha value is -0.950. The highest BCUT2D eigenvalue weighted by molar-refractivity contribution is 7.53. The van der Waals surface area contributed by atoms with Crippen LogP contribution in [0.4, 0.5) is 5.69 Å². The van der Waals surface area contributed by atoms with Crippen molar-refractivity contribution < 1.29 is 24.0 Å². The Kier molecular flexibility index (Phi) is 3.22. The van der Waals surface area contributed by atoms with Crippen molar-refractivity contribution in [2.75, 3.05) is 6.35 Å². The molecule has 78 valence electrons. The van der Waals surface area contributed by atoms with Crippen molar-refractivity contribution in [1.29, 1.82) is 0 Å². The third-order valence-electron chi connectivity index (χ3n) is 1.18. The van der Waals surface area contributed by atoms with Crippen molar-refractivity contribution in [3.63, 3.8) is 0 Å². The lowest BCUT2D eigenvalue weighted by Gasteiger charge is -2.06. The van der Waals surface area contributed by atoms with E-state index >= 15 is 0 Å². The lowest BCUT2D eigenvalue weighted by Crippen LogP contribution is -1.94. The molecule has 0 spiro atoms. The molecule has 1 rings (SSSR count). The van der Waals surface area contributed by atoms with E-state index in [2.05, 4.69) is 4.52 Å². The summed E-state index contributed by atoms with van der Waals surface area (Å²) >= 11 is 0.813. The Morgan fingerprint density at radius 2 is 2.36 bits per heavy atom. The number of hydrogen-bond donors (Lipinski definition) is 2. The molecule has 0 aliphatic heterocycles. The molecule has 0 amide bonds. The topological polar surface area (TPSA) is 110 Å². The normalized spacial score (nSPS) is 14.7. The molecule has 1 aromatic rings. The average Bonchev–Trinajstić information content (AvgIpc) is 2.52.